The molecule has 0 saturated carbocycles. The minimum absolute atomic E-state index is 0.0480. The molecule has 11 nitrogen and oxygen atoms in total. The zero-order chi connectivity index (χ0) is 28.3. The smallest absolute Gasteiger partial charge is 0.323 e. The van der Waals surface area contributed by atoms with Crippen LogP contribution in [0.3, 0.4) is 0 Å². The predicted molar refractivity (Wildman–Crippen MR) is 142 cm³/mol. The number of hydrogen-bond acceptors (Lipinski definition) is 7. The molecule has 3 heterocycles. The Bertz CT molecular complexity index is 1450. The van der Waals surface area contributed by atoms with Gasteiger partial charge in [0.05, 0.1) is 12.6 Å². The Labute approximate surface area is 226 Å². The number of aromatic nitrogens is 1. The average molecular weight is 557 g/mol. The molecule has 1 fully saturated rings. The van der Waals surface area contributed by atoms with Gasteiger partial charge in [0.2, 0.25) is 5.91 Å². The van der Waals surface area contributed by atoms with Gasteiger partial charge >= 0.3 is 15.0 Å². The average Bonchev–Trinajstić information content (AvgIpc) is 3.27. The van der Waals surface area contributed by atoms with E-state index in [1.165, 1.54) is 18.2 Å². The summed E-state index contributed by atoms with van der Waals surface area (Å²) in [7, 11) is -4.26. The summed E-state index contributed by atoms with van der Waals surface area (Å²) in [5.74, 6) is -1.49. The lowest BCUT2D eigenvalue weighted by Gasteiger charge is -2.24. The fourth-order valence-corrected chi connectivity index (χ4v) is 6.29. The molecule has 3 atom stereocenters. The van der Waals surface area contributed by atoms with Crippen LogP contribution in [-0.4, -0.2) is 55.0 Å². The van der Waals surface area contributed by atoms with Crippen molar-refractivity contribution < 1.29 is 31.9 Å². The number of nitrogens with zero attached hydrogens (tertiary/aromatic N) is 2. The molecule has 208 valence electrons. The normalized spacial score (nSPS) is 19.5. The van der Waals surface area contributed by atoms with Crippen molar-refractivity contribution in [2.75, 3.05) is 6.54 Å². The van der Waals surface area contributed by atoms with E-state index in [1.54, 1.807) is 25.1 Å². The quantitative estimate of drug-likeness (QED) is 0.318. The van der Waals surface area contributed by atoms with Gasteiger partial charge < -0.3 is 20.3 Å². The fourth-order valence-electron chi connectivity index (χ4n) is 4.64. The van der Waals surface area contributed by atoms with E-state index in [9.17, 15) is 28.0 Å². The van der Waals surface area contributed by atoms with E-state index in [0.29, 0.717) is 12.0 Å². The van der Waals surface area contributed by atoms with E-state index in [4.69, 9.17) is 4.42 Å². The van der Waals surface area contributed by atoms with Crippen molar-refractivity contribution in [2.45, 2.75) is 63.2 Å². The third-order valence-corrected chi connectivity index (χ3v) is 8.67. The molecule has 2 N–H and O–H groups in total. The molecule has 1 aromatic carbocycles. The minimum atomic E-state index is -4.26. The fraction of sp³-hybridized carbons (Fsp3) is 0.407. The van der Waals surface area contributed by atoms with Crippen LogP contribution < -0.4 is 15.4 Å². The van der Waals surface area contributed by atoms with Gasteiger partial charge in [-0.1, -0.05) is 32.0 Å². The number of ketones is 1. The third kappa shape index (κ3) is 6.28. The van der Waals surface area contributed by atoms with Crippen LogP contribution in [0, 0.1) is 11.1 Å². The molecule has 1 aliphatic heterocycles. The molecular formula is C27H32N4O7S. The van der Waals surface area contributed by atoms with Gasteiger partial charge in [0.15, 0.2) is 17.7 Å². The Balaban J connectivity index is 1.48. The minimum Gasteiger partial charge on any atom is -0.618 e. The Morgan fingerprint density at radius 1 is 1.15 bits per heavy atom. The summed E-state index contributed by atoms with van der Waals surface area (Å²) in [6, 6.07) is 10.3. The van der Waals surface area contributed by atoms with Crippen LogP contribution in [-0.2, 0) is 19.6 Å². The first-order valence-electron chi connectivity index (χ1n) is 12.8. The summed E-state index contributed by atoms with van der Waals surface area (Å²) in [6.07, 6.45) is 1.87. The molecular weight excluding hydrogens is 524 g/mol. The molecule has 0 bridgehead atoms. The first-order chi connectivity index (χ1) is 18.5. The van der Waals surface area contributed by atoms with Gasteiger partial charge in [-0.3, -0.25) is 14.4 Å². The molecule has 0 radical (unpaired) electrons. The van der Waals surface area contributed by atoms with Gasteiger partial charge in [-0.25, -0.2) is 8.42 Å². The van der Waals surface area contributed by atoms with Crippen molar-refractivity contribution in [3.05, 3.63) is 65.7 Å². The Kier molecular flexibility index (Phi) is 8.36. The predicted octanol–water partition coefficient (Wildman–Crippen LogP) is 2.14. The lowest BCUT2D eigenvalue weighted by Crippen LogP contribution is -2.53. The number of Topliss-reactive ketones (excluding diaryl/α,β-unsaturated/α-hetero) is 1. The Morgan fingerprint density at radius 3 is 2.56 bits per heavy atom. The van der Waals surface area contributed by atoms with E-state index in [1.807, 2.05) is 26.0 Å². The molecule has 12 heteroatoms. The second kappa shape index (κ2) is 11.5. The van der Waals surface area contributed by atoms with Crippen molar-refractivity contribution in [1.82, 2.24) is 14.9 Å². The highest BCUT2D eigenvalue weighted by Crippen LogP contribution is 2.23. The number of para-hydroxylation sites is 1. The second-order valence-electron chi connectivity index (χ2n) is 10.2. The van der Waals surface area contributed by atoms with Crippen molar-refractivity contribution in [3.8, 4) is 0 Å². The molecule has 2 amide bonds. The summed E-state index contributed by atoms with van der Waals surface area (Å²) in [4.78, 5) is 39.4. The Morgan fingerprint density at radius 2 is 1.87 bits per heavy atom. The van der Waals surface area contributed by atoms with Gasteiger partial charge in [0.1, 0.15) is 11.6 Å². The van der Waals surface area contributed by atoms with Crippen LogP contribution in [0.4, 0.5) is 0 Å². The maximum atomic E-state index is 13.3. The van der Waals surface area contributed by atoms with Crippen LogP contribution >= 0.6 is 0 Å². The summed E-state index contributed by atoms with van der Waals surface area (Å²) < 4.78 is 33.3. The number of carbonyl (C=O) groups is 3. The van der Waals surface area contributed by atoms with Gasteiger partial charge in [0, 0.05) is 23.6 Å². The van der Waals surface area contributed by atoms with Crippen LogP contribution in [0.25, 0.3) is 11.0 Å². The van der Waals surface area contributed by atoms with Gasteiger partial charge in [-0.15, -0.1) is 0 Å². The van der Waals surface area contributed by atoms with Crippen LogP contribution in [0.5, 0.6) is 0 Å². The summed E-state index contributed by atoms with van der Waals surface area (Å²) in [5.41, 5.74) is 0.545. The zero-order valence-corrected chi connectivity index (χ0v) is 22.8. The number of fused-ring (bicyclic) bond motifs is 1. The molecule has 0 spiro atoms. The molecule has 4 rings (SSSR count). The summed E-state index contributed by atoms with van der Waals surface area (Å²) in [6.45, 7) is 4.97. The third-order valence-electron chi connectivity index (χ3n) is 6.72. The summed E-state index contributed by atoms with van der Waals surface area (Å²) >= 11 is 0. The van der Waals surface area contributed by atoms with Gasteiger partial charge in [0.25, 0.3) is 5.91 Å². The van der Waals surface area contributed by atoms with E-state index in [-0.39, 0.29) is 29.3 Å². The molecule has 39 heavy (non-hydrogen) atoms. The van der Waals surface area contributed by atoms with Crippen molar-refractivity contribution in [1.29, 1.82) is 0 Å². The highest BCUT2D eigenvalue weighted by Gasteiger charge is 2.40. The highest BCUT2D eigenvalue weighted by molar-refractivity contribution is 7.89. The number of amides is 2. The topological polar surface area (TPSA) is 153 Å². The van der Waals surface area contributed by atoms with Gasteiger partial charge in [-0.05, 0) is 50.3 Å². The summed E-state index contributed by atoms with van der Waals surface area (Å²) in [5, 5.41) is 17.8. The van der Waals surface area contributed by atoms with Crippen LogP contribution in [0.2, 0.25) is 0 Å². The number of furan rings is 1. The van der Waals surface area contributed by atoms with E-state index >= 15 is 0 Å². The monoisotopic (exact) mass is 556 g/mol. The van der Waals surface area contributed by atoms with E-state index < -0.39 is 57.3 Å². The maximum absolute atomic E-state index is 13.3. The second-order valence-corrected chi connectivity index (χ2v) is 12.0. The first kappa shape index (κ1) is 28.2. The number of sulfonamides is 1. The highest BCUT2D eigenvalue weighted by atomic mass is 32.2. The first-order valence-corrected chi connectivity index (χ1v) is 14.2. The molecule has 0 aliphatic carbocycles. The number of pyridine rings is 1. The standard InChI is InChI=1S/C27H32N4O7S/c1-17(2)14-21(29-27(34)24-15-19-8-4-5-9-23(19)38-24)26(33)28-20-12-11-18(3)31(16-22(20)32)39(36,37)25-10-6-7-13-30(25)35/h4-10,13,15,17-18,20-21H,11-12,14,16H2,1-3H3,(H,28,33)(H,29,34)/t18-,20+,21+/m1/s1. The number of carbonyl (C=O) groups excluding carboxylic acids is 3. The molecule has 2 aromatic heterocycles. The van der Waals surface area contributed by atoms with Crippen LogP contribution in [0.15, 0.2) is 64.2 Å². The molecule has 3 aromatic rings. The van der Waals surface area contributed by atoms with Crippen molar-refractivity contribution in [3.63, 3.8) is 0 Å². The number of hydrogen-bond donors (Lipinski definition) is 2. The Hall–Kier alpha value is -3.77. The molecule has 1 saturated heterocycles. The number of benzene rings is 1. The van der Waals surface area contributed by atoms with E-state index in [0.717, 1.165) is 15.9 Å². The molecule has 1 aliphatic rings. The van der Waals surface area contributed by atoms with E-state index in [2.05, 4.69) is 10.6 Å². The number of rotatable bonds is 8. The SMILES string of the molecule is CC(C)C[C@H](NC(=O)c1cc2ccccc2o1)C(=O)N[C@H]1CC[C@@H](C)N(S(=O)(=O)c2cccc[n+]2[O-])CC1=O. The van der Waals surface area contributed by atoms with Gasteiger partial charge in [-0.2, -0.15) is 9.04 Å². The zero-order valence-electron chi connectivity index (χ0n) is 22.0. The van der Waals surface area contributed by atoms with Crippen molar-refractivity contribution >= 4 is 38.6 Å². The largest absolute Gasteiger partial charge is 0.618 e. The number of nitrogens with one attached hydrogen (secondary N) is 2. The lowest BCUT2D eigenvalue weighted by molar-refractivity contribution is -0.646. The van der Waals surface area contributed by atoms with Crippen molar-refractivity contribution in [2.24, 2.45) is 5.92 Å². The lowest BCUT2D eigenvalue weighted by atomic mass is 10.0. The maximum Gasteiger partial charge on any atom is 0.323 e. The molecule has 0 unspecified atom stereocenters. The van der Waals surface area contributed by atoms with Crippen LogP contribution in [0.1, 0.15) is 50.6 Å².